The maximum atomic E-state index is 12.6. The van der Waals surface area contributed by atoms with Gasteiger partial charge in [0.1, 0.15) is 5.69 Å². The van der Waals surface area contributed by atoms with Crippen LogP contribution in [0, 0.1) is 0 Å². The van der Waals surface area contributed by atoms with Crippen molar-refractivity contribution in [2.75, 3.05) is 11.5 Å². The molecule has 100 valence electrons. The van der Waals surface area contributed by atoms with Gasteiger partial charge in [0.2, 0.25) is 0 Å². The SMILES string of the molecule is CCCn1nncc1C(=O)C1SCCSC1CC. The van der Waals surface area contributed by atoms with Crippen LogP contribution in [-0.2, 0) is 6.54 Å². The van der Waals surface area contributed by atoms with Gasteiger partial charge in [-0.1, -0.05) is 19.1 Å². The van der Waals surface area contributed by atoms with Crippen LogP contribution in [0.25, 0.3) is 0 Å². The van der Waals surface area contributed by atoms with Gasteiger partial charge in [-0.25, -0.2) is 4.68 Å². The van der Waals surface area contributed by atoms with E-state index in [1.807, 2.05) is 11.8 Å². The number of nitrogens with zero attached hydrogens (tertiary/aromatic N) is 3. The summed E-state index contributed by atoms with van der Waals surface area (Å²) in [5.74, 6) is 2.42. The van der Waals surface area contributed by atoms with Crippen molar-refractivity contribution in [1.29, 1.82) is 0 Å². The Hall–Kier alpha value is -0.490. The number of rotatable bonds is 5. The fourth-order valence-corrected chi connectivity index (χ4v) is 5.13. The number of ketones is 1. The van der Waals surface area contributed by atoms with Gasteiger partial charge in [0.15, 0.2) is 5.78 Å². The van der Waals surface area contributed by atoms with Gasteiger partial charge < -0.3 is 0 Å². The topological polar surface area (TPSA) is 47.8 Å². The lowest BCUT2D eigenvalue weighted by molar-refractivity contribution is 0.0977. The van der Waals surface area contributed by atoms with Gasteiger partial charge in [-0.05, 0) is 12.8 Å². The van der Waals surface area contributed by atoms with E-state index < -0.39 is 0 Å². The second-order valence-electron chi connectivity index (χ2n) is 4.32. The molecule has 0 aliphatic carbocycles. The van der Waals surface area contributed by atoms with E-state index in [0.29, 0.717) is 10.9 Å². The van der Waals surface area contributed by atoms with Crippen molar-refractivity contribution >= 4 is 29.3 Å². The summed E-state index contributed by atoms with van der Waals surface area (Å²) in [5.41, 5.74) is 0.676. The summed E-state index contributed by atoms with van der Waals surface area (Å²) < 4.78 is 1.74. The fourth-order valence-electron chi connectivity index (χ4n) is 2.12. The molecule has 0 N–H and O–H groups in total. The zero-order valence-electron chi connectivity index (χ0n) is 10.8. The van der Waals surface area contributed by atoms with Crippen LogP contribution in [-0.4, -0.2) is 42.8 Å². The molecule has 1 aliphatic rings. The van der Waals surface area contributed by atoms with Gasteiger partial charge in [0, 0.05) is 23.3 Å². The Bertz CT molecular complexity index is 408. The third-order valence-corrected chi connectivity index (χ3v) is 6.26. The summed E-state index contributed by atoms with van der Waals surface area (Å²) in [7, 11) is 0. The second-order valence-corrected chi connectivity index (χ2v) is 6.91. The molecule has 0 bridgehead atoms. The molecule has 0 spiro atoms. The van der Waals surface area contributed by atoms with E-state index in [1.54, 1.807) is 22.6 Å². The van der Waals surface area contributed by atoms with Gasteiger partial charge >= 0.3 is 0 Å². The number of hydrogen-bond donors (Lipinski definition) is 0. The quantitative estimate of drug-likeness (QED) is 0.778. The Kier molecular flexibility index (Phi) is 5.12. The first-order valence-corrected chi connectivity index (χ1v) is 8.53. The molecule has 1 fully saturated rings. The van der Waals surface area contributed by atoms with Gasteiger partial charge in [-0.3, -0.25) is 4.79 Å². The number of thioether (sulfide) groups is 2. The lowest BCUT2D eigenvalue weighted by atomic mass is 10.1. The van der Waals surface area contributed by atoms with Crippen molar-refractivity contribution in [3.63, 3.8) is 0 Å². The molecule has 2 unspecified atom stereocenters. The first-order valence-electron chi connectivity index (χ1n) is 6.43. The average molecular weight is 285 g/mol. The Morgan fingerprint density at radius 2 is 2.22 bits per heavy atom. The van der Waals surface area contributed by atoms with Crippen molar-refractivity contribution in [3.8, 4) is 0 Å². The Morgan fingerprint density at radius 1 is 1.44 bits per heavy atom. The first kappa shape index (κ1) is 13.9. The van der Waals surface area contributed by atoms with E-state index in [2.05, 4.69) is 24.2 Å². The van der Waals surface area contributed by atoms with E-state index in [-0.39, 0.29) is 11.0 Å². The standard InChI is InChI=1S/C12H19N3OS2/c1-3-5-15-9(8-13-14-15)11(16)12-10(4-2)17-6-7-18-12/h8,10,12H,3-7H2,1-2H3. The zero-order chi connectivity index (χ0) is 13.0. The van der Waals surface area contributed by atoms with Crippen LogP contribution < -0.4 is 0 Å². The highest BCUT2D eigenvalue weighted by molar-refractivity contribution is 8.07. The summed E-state index contributed by atoms with van der Waals surface area (Å²) in [6, 6.07) is 0. The predicted octanol–water partition coefficient (Wildman–Crippen LogP) is 2.50. The van der Waals surface area contributed by atoms with Crippen LogP contribution in [0.1, 0.15) is 37.2 Å². The highest BCUT2D eigenvalue weighted by Gasteiger charge is 2.33. The van der Waals surface area contributed by atoms with E-state index in [0.717, 1.165) is 30.9 Å². The number of carbonyl (C=O) groups is 1. The Labute approximate surface area is 116 Å². The molecule has 1 saturated heterocycles. The summed E-state index contributed by atoms with van der Waals surface area (Å²) in [6.07, 6.45) is 3.63. The fraction of sp³-hybridized carbons (Fsp3) is 0.750. The maximum Gasteiger partial charge on any atom is 0.196 e. The third-order valence-electron chi connectivity index (χ3n) is 3.02. The molecule has 1 aliphatic heterocycles. The van der Waals surface area contributed by atoms with Crippen molar-refractivity contribution in [1.82, 2.24) is 15.0 Å². The van der Waals surface area contributed by atoms with E-state index in [4.69, 9.17) is 0 Å². The van der Waals surface area contributed by atoms with Gasteiger partial charge in [0.25, 0.3) is 0 Å². The average Bonchev–Trinajstić information content (AvgIpc) is 2.86. The molecule has 18 heavy (non-hydrogen) atoms. The minimum absolute atomic E-state index is 0.0721. The Morgan fingerprint density at radius 3 is 2.94 bits per heavy atom. The summed E-state index contributed by atoms with van der Waals surface area (Å²) >= 11 is 3.71. The smallest absolute Gasteiger partial charge is 0.196 e. The molecule has 0 amide bonds. The van der Waals surface area contributed by atoms with Crippen LogP contribution in [0.2, 0.25) is 0 Å². The third kappa shape index (κ3) is 2.91. The number of Topliss-reactive ketones (excluding diaryl/α,β-unsaturated/α-hetero) is 1. The molecule has 1 aromatic heterocycles. The molecule has 4 nitrogen and oxygen atoms in total. The monoisotopic (exact) mass is 285 g/mol. The van der Waals surface area contributed by atoms with Gasteiger partial charge in [-0.2, -0.15) is 11.8 Å². The summed E-state index contributed by atoms with van der Waals surface area (Å²) in [4.78, 5) is 12.6. The van der Waals surface area contributed by atoms with Crippen molar-refractivity contribution in [2.24, 2.45) is 0 Å². The van der Waals surface area contributed by atoms with E-state index >= 15 is 0 Å². The Balaban J connectivity index is 2.16. The first-order chi connectivity index (χ1) is 8.77. The minimum atomic E-state index is 0.0721. The number of aryl methyl sites for hydroxylation is 1. The molecule has 6 heteroatoms. The van der Waals surface area contributed by atoms with E-state index in [1.165, 1.54) is 0 Å². The zero-order valence-corrected chi connectivity index (χ0v) is 12.5. The molecule has 0 radical (unpaired) electrons. The molecular formula is C12H19N3OS2. The van der Waals surface area contributed by atoms with Crippen LogP contribution >= 0.6 is 23.5 Å². The van der Waals surface area contributed by atoms with Crippen molar-refractivity contribution in [2.45, 2.75) is 43.7 Å². The van der Waals surface area contributed by atoms with Crippen LogP contribution in [0.15, 0.2) is 6.20 Å². The number of hydrogen-bond acceptors (Lipinski definition) is 5. The molecule has 2 rings (SSSR count). The summed E-state index contributed by atoms with van der Waals surface area (Å²) in [6.45, 7) is 5.00. The van der Waals surface area contributed by atoms with Crippen molar-refractivity contribution < 1.29 is 4.79 Å². The molecular weight excluding hydrogens is 266 g/mol. The van der Waals surface area contributed by atoms with Crippen LogP contribution in [0.5, 0.6) is 0 Å². The van der Waals surface area contributed by atoms with Gasteiger partial charge in [-0.15, -0.1) is 16.9 Å². The number of carbonyl (C=O) groups excluding carboxylic acids is 1. The van der Waals surface area contributed by atoms with Gasteiger partial charge in [0.05, 0.1) is 11.4 Å². The van der Waals surface area contributed by atoms with Crippen LogP contribution in [0.3, 0.4) is 0 Å². The summed E-state index contributed by atoms with van der Waals surface area (Å²) in [5, 5.41) is 8.39. The normalized spacial score (nSPS) is 24.1. The molecule has 0 saturated carbocycles. The highest BCUT2D eigenvalue weighted by Crippen LogP contribution is 2.35. The molecule has 2 atom stereocenters. The minimum Gasteiger partial charge on any atom is -0.291 e. The van der Waals surface area contributed by atoms with Crippen LogP contribution in [0.4, 0.5) is 0 Å². The molecule has 1 aromatic rings. The maximum absolute atomic E-state index is 12.6. The lowest BCUT2D eigenvalue weighted by Crippen LogP contribution is -2.34. The van der Waals surface area contributed by atoms with Crippen molar-refractivity contribution in [3.05, 3.63) is 11.9 Å². The molecule has 2 heterocycles. The predicted molar refractivity (Wildman–Crippen MR) is 77.4 cm³/mol. The number of aromatic nitrogens is 3. The highest BCUT2D eigenvalue weighted by atomic mass is 32.2. The largest absolute Gasteiger partial charge is 0.291 e. The molecule has 0 aromatic carbocycles. The lowest BCUT2D eigenvalue weighted by Gasteiger charge is -2.28. The van der Waals surface area contributed by atoms with E-state index in [9.17, 15) is 4.79 Å². The second kappa shape index (κ2) is 6.61.